The second-order valence-corrected chi connectivity index (χ2v) is 6.04. The summed E-state index contributed by atoms with van der Waals surface area (Å²) in [4.78, 5) is 27.0. The standard InChI is InChI=1S/C19H22N2O4/c1-13(8-18(22)23)10-21-19(24)16-5-3-4-15(9-16)12-25-17-7-6-14(2)20-11-17/h3-7,9,11,13H,8,10,12H2,1-2H3,(H,21,24)(H,22,23). The van der Waals surface area contributed by atoms with Crippen molar-refractivity contribution >= 4 is 11.9 Å². The molecule has 2 aromatic rings. The average molecular weight is 342 g/mol. The molecule has 0 bridgehead atoms. The van der Waals surface area contributed by atoms with Crippen molar-refractivity contribution in [3.63, 3.8) is 0 Å². The van der Waals surface area contributed by atoms with E-state index >= 15 is 0 Å². The molecular formula is C19H22N2O4. The molecule has 0 fully saturated rings. The van der Waals surface area contributed by atoms with Gasteiger partial charge in [-0.3, -0.25) is 14.6 Å². The molecule has 1 atom stereocenters. The van der Waals surface area contributed by atoms with E-state index in [4.69, 9.17) is 9.84 Å². The Morgan fingerprint density at radius 1 is 1.28 bits per heavy atom. The van der Waals surface area contributed by atoms with Gasteiger partial charge in [-0.15, -0.1) is 0 Å². The number of carbonyl (C=O) groups is 2. The predicted molar refractivity (Wildman–Crippen MR) is 93.5 cm³/mol. The van der Waals surface area contributed by atoms with Crippen LogP contribution in [0, 0.1) is 12.8 Å². The fourth-order valence-corrected chi connectivity index (χ4v) is 2.25. The lowest BCUT2D eigenvalue weighted by molar-refractivity contribution is -0.137. The molecule has 0 saturated carbocycles. The highest BCUT2D eigenvalue weighted by atomic mass is 16.5. The van der Waals surface area contributed by atoms with Crippen LogP contribution in [0.4, 0.5) is 0 Å². The van der Waals surface area contributed by atoms with E-state index in [0.29, 0.717) is 24.5 Å². The molecule has 1 unspecified atom stereocenters. The molecule has 1 heterocycles. The van der Waals surface area contributed by atoms with E-state index in [0.717, 1.165) is 11.3 Å². The van der Waals surface area contributed by atoms with Crippen molar-refractivity contribution in [2.24, 2.45) is 5.92 Å². The monoisotopic (exact) mass is 342 g/mol. The molecule has 25 heavy (non-hydrogen) atoms. The van der Waals surface area contributed by atoms with Crippen LogP contribution in [0.2, 0.25) is 0 Å². The summed E-state index contributed by atoms with van der Waals surface area (Å²) in [7, 11) is 0. The van der Waals surface area contributed by atoms with Crippen LogP contribution < -0.4 is 10.1 Å². The molecule has 2 rings (SSSR count). The summed E-state index contributed by atoms with van der Waals surface area (Å²) in [5.41, 5.74) is 2.31. The summed E-state index contributed by atoms with van der Waals surface area (Å²) in [6, 6.07) is 10.9. The molecule has 6 nitrogen and oxygen atoms in total. The summed E-state index contributed by atoms with van der Waals surface area (Å²) in [6.45, 7) is 4.35. The first-order chi connectivity index (χ1) is 11.9. The van der Waals surface area contributed by atoms with Crippen LogP contribution in [0.1, 0.15) is 35.0 Å². The minimum atomic E-state index is -0.869. The zero-order valence-electron chi connectivity index (χ0n) is 14.4. The Morgan fingerprint density at radius 3 is 2.76 bits per heavy atom. The van der Waals surface area contributed by atoms with E-state index in [-0.39, 0.29) is 18.2 Å². The summed E-state index contributed by atoms with van der Waals surface area (Å²) in [5.74, 6) is -0.549. The largest absolute Gasteiger partial charge is 0.487 e. The molecule has 1 aromatic carbocycles. The molecule has 6 heteroatoms. The zero-order valence-corrected chi connectivity index (χ0v) is 14.4. The Hall–Kier alpha value is -2.89. The van der Waals surface area contributed by atoms with E-state index in [1.54, 1.807) is 31.3 Å². The summed E-state index contributed by atoms with van der Waals surface area (Å²) < 4.78 is 5.66. The van der Waals surface area contributed by atoms with Crippen LogP contribution >= 0.6 is 0 Å². The van der Waals surface area contributed by atoms with E-state index in [9.17, 15) is 9.59 Å². The maximum absolute atomic E-state index is 12.2. The Bertz CT molecular complexity index is 728. The lowest BCUT2D eigenvalue weighted by Crippen LogP contribution is -2.29. The van der Waals surface area contributed by atoms with Gasteiger partial charge in [0.05, 0.1) is 6.20 Å². The van der Waals surface area contributed by atoms with Gasteiger partial charge in [0.25, 0.3) is 5.91 Å². The molecule has 2 N–H and O–H groups in total. The summed E-state index contributed by atoms with van der Waals surface area (Å²) >= 11 is 0. The molecule has 0 saturated heterocycles. The van der Waals surface area contributed by atoms with Gasteiger partial charge in [-0.25, -0.2) is 0 Å². The van der Waals surface area contributed by atoms with Crippen LogP contribution in [-0.4, -0.2) is 28.5 Å². The van der Waals surface area contributed by atoms with Crippen LogP contribution in [0.5, 0.6) is 5.75 Å². The van der Waals surface area contributed by atoms with Gasteiger partial charge in [0, 0.05) is 24.2 Å². The van der Waals surface area contributed by atoms with Crippen molar-refractivity contribution in [3.8, 4) is 5.75 Å². The third-order valence-electron chi connectivity index (χ3n) is 3.61. The van der Waals surface area contributed by atoms with E-state index < -0.39 is 5.97 Å². The Kier molecular flexibility index (Phi) is 6.51. The van der Waals surface area contributed by atoms with Crippen molar-refractivity contribution in [1.82, 2.24) is 10.3 Å². The second kappa shape index (κ2) is 8.82. The number of aryl methyl sites for hydroxylation is 1. The Balaban J connectivity index is 1.90. The highest BCUT2D eigenvalue weighted by molar-refractivity contribution is 5.94. The third-order valence-corrected chi connectivity index (χ3v) is 3.61. The third kappa shape index (κ3) is 6.25. The van der Waals surface area contributed by atoms with Gasteiger partial charge in [-0.2, -0.15) is 0 Å². The number of nitrogens with one attached hydrogen (secondary N) is 1. The average Bonchev–Trinajstić information content (AvgIpc) is 2.59. The number of hydrogen-bond acceptors (Lipinski definition) is 4. The van der Waals surface area contributed by atoms with Gasteiger partial charge in [0.1, 0.15) is 12.4 Å². The maximum atomic E-state index is 12.2. The van der Waals surface area contributed by atoms with Crippen molar-refractivity contribution in [2.45, 2.75) is 26.9 Å². The number of carbonyl (C=O) groups excluding carboxylic acids is 1. The first-order valence-corrected chi connectivity index (χ1v) is 8.08. The number of carboxylic acid groups (broad SMARTS) is 1. The van der Waals surface area contributed by atoms with Crippen molar-refractivity contribution in [1.29, 1.82) is 0 Å². The van der Waals surface area contributed by atoms with Gasteiger partial charge in [0.2, 0.25) is 0 Å². The summed E-state index contributed by atoms with van der Waals surface area (Å²) in [5, 5.41) is 11.5. The topological polar surface area (TPSA) is 88.5 Å². The normalized spacial score (nSPS) is 11.6. The van der Waals surface area contributed by atoms with Crippen LogP contribution in [0.3, 0.4) is 0 Å². The molecule has 0 aliphatic rings. The number of rotatable bonds is 8. The minimum Gasteiger partial charge on any atom is -0.487 e. The molecule has 1 aromatic heterocycles. The fourth-order valence-electron chi connectivity index (χ4n) is 2.25. The Labute approximate surface area is 146 Å². The molecule has 0 spiro atoms. The van der Waals surface area contributed by atoms with Gasteiger partial charge < -0.3 is 15.2 Å². The van der Waals surface area contributed by atoms with Crippen LogP contribution in [0.25, 0.3) is 0 Å². The predicted octanol–water partition coefficient (Wildman–Crippen LogP) is 2.81. The van der Waals surface area contributed by atoms with Crippen molar-refractivity contribution < 1.29 is 19.4 Å². The van der Waals surface area contributed by atoms with Crippen molar-refractivity contribution in [3.05, 3.63) is 59.4 Å². The molecule has 132 valence electrons. The van der Waals surface area contributed by atoms with Crippen molar-refractivity contribution in [2.75, 3.05) is 6.54 Å². The molecule has 1 amide bonds. The lowest BCUT2D eigenvalue weighted by Gasteiger charge is -2.11. The number of ether oxygens (including phenoxy) is 1. The number of pyridine rings is 1. The second-order valence-electron chi connectivity index (χ2n) is 6.04. The van der Waals surface area contributed by atoms with E-state index in [1.165, 1.54) is 0 Å². The maximum Gasteiger partial charge on any atom is 0.303 e. The lowest BCUT2D eigenvalue weighted by atomic mass is 10.1. The number of aromatic nitrogens is 1. The highest BCUT2D eigenvalue weighted by Crippen LogP contribution is 2.13. The smallest absolute Gasteiger partial charge is 0.303 e. The number of nitrogens with zero attached hydrogens (tertiary/aromatic N) is 1. The number of aliphatic carboxylic acids is 1. The molecular weight excluding hydrogens is 320 g/mol. The zero-order chi connectivity index (χ0) is 18.2. The minimum absolute atomic E-state index is 0.0265. The summed E-state index contributed by atoms with van der Waals surface area (Å²) in [6.07, 6.45) is 1.69. The first-order valence-electron chi connectivity index (χ1n) is 8.08. The molecule has 0 aliphatic heterocycles. The quantitative estimate of drug-likeness (QED) is 0.770. The van der Waals surface area contributed by atoms with Gasteiger partial charge in [-0.05, 0) is 42.7 Å². The van der Waals surface area contributed by atoms with E-state index in [2.05, 4.69) is 10.3 Å². The number of hydrogen-bond donors (Lipinski definition) is 2. The molecule has 0 radical (unpaired) electrons. The van der Waals surface area contributed by atoms with E-state index in [1.807, 2.05) is 25.1 Å². The highest BCUT2D eigenvalue weighted by Gasteiger charge is 2.11. The van der Waals surface area contributed by atoms with Crippen LogP contribution in [0.15, 0.2) is 42.6 Å². The van der Waals surface area contributed by atoms with Gasteiger partial charge >= 0.3 is 5.97 Å². The molecule has 0 aliphatic carbocycles. The van der Waals surface area contributed by atoms with Gasteiger partial charge in [-0.1, -0.05) is 19.1 Å². The number of amides is 1. The number of carboxylic acids is 1. The number of benzene rings is 1. The Morgan fingerprint density at radius 2 is 2.08 bits per heavy atom. The van der Waals surface area contributed by atoms with Crippen LogP contribution in [-0.2, 0) is 11.4 Å². The fraction of sp³-hybridized carbons (Fsp3) is 0.316. The first kappa shape index (κ1) is 18.4. The SMILES string of the molecule is Cc1ccc(OCc2cccc(C(=O)NCC(C)CC(=O)O)c2)cn1. The van der Waals surface area contributed by atoms with Gasteiger partial charge in [0.15, 0.2) is 0 Å².